The van der Waals surface area contributed by atoms with E-state index in [1.807, 2.05) is 0 Å². The average molecular weight is 258 g/mol. The Balaban J connectivity index is 2.51. The van der Waals surface area contributed by atoms with E-state index in [0.717, 1.165) is 18.2 Å². The van der Waals surface area contributed by atoms with E-state index in [4.69, 9.17) is 10.8 Å². The van der Waals surface area contributed by atoms with E-state index in [0.29, 0.717) is 6.54 Å². The van der Waals surface area contributed by atoms with E-state index in [1.54, 1.807) is 11.9 Å². The summed E-state index contributed by atoms with van der Waals surface area (Å²) < 4.78 is 26.3. The summed E-state index contributed by atoms with van der Waals surface area (Å²) in [6.07, 6.45) is 0.253. The number of carbonyl (C=O) groups is 1. The van der Waals surface area contributed by atoms with Crippen LogP contribution in [0.25, 0.3) is 0 Å². The average Bonchev–Trinajstić information content (AvgIpc) is 2.30. The van der Waals surface area contributed by atoms with Gasteiger partial charge in [0.2, 0.25) is 0 Å². The van der Waals surface area contributed by atoms with E-state index < -0.39 is 23.6 Å². The van der Waals surface area contributed by atoms with Crippen molar-refractivity contribution in [3.05, 3.63) is 35.4 Å². The molecular weight excluding hydrogens is 242 g/mol. The zero-order chi connectivity index (χ0) is 13.7. The highest BCUT2D eigenvalue weighted by atomic mass is 19.1. The molecule has 0 aliphatic carbocycles. The van der Waals surface area contributed by atoms with Crippen LogP contribution in [0.15, 0.2) is 18.2 Å². The van der Waals surface area contributed by atoms with Gasteiger partial charge in [-0.25, -0.2) is 8.78 Å². The van der Waals surface area contributed by atoms with Crippen LogP contribution < -0.4 is 5.73 Å². The summed E-state index contributed by atoms with van der Waals surface area (Å²) in [5.41, 5.74) is 5.59. The van der Waals surface area contributed by atoms with Gasteiger partial charge in [0.25, 0.3) is 0 Å². The number of benzene rings is 1. The van der Waals surface area contributed by atoms with Crippen LogP contribution in [0.1, 0.15) is 12.0 Å². The fourth-order valence-electron chi connectivity index (χ4n) is 1.52. The first-order valence-electron chi connectivity index (χ1n) is 5.51. The van der Waals surface area contributed by atoms with Crippen molar-refractivity contribution in [1.82, 2.24) is 4.90 Å². The first-order valence-corrected chi connectivity index (χ1v) is 5.51. The largest absolute Gasteiger partial charge is 0.480 e. The molecule has 0 saturated heterocycles. The predicted molar refractivity (Wildman–Crippen MR) is 62.9 cm³/mol. The standard InChI is InChI=1S/C12H16F2N2O2/c1-16(5-4-11(15)12(17)18)7-8-6-9(13)2-3-10(8)14/h2-3,6,11H,4-5,7,15H2,1H3,(H,17,18). The first-order chi connectivity index (χ1) is 8.40. The lowest BCUT2D eigenvalue weighted by atomic mass is 10.1. The monoisotopic (exact) mass is 258 g/mol. The van der Waals surface area contributed by atoms with Crippen LogP contribution in [-0.2, 0) is 11.3 Å². The Morgan fingerprint density at radius 2 is 2.17 bits per heavy atom. The molecule has 0 radical (unpaired) electrons. The van der Waals surface area contributed by atoms with Gasteiger partial charge >= 0.3 is 5.97 Å². The Kier molecular flexibility index (Phi) is 5.18. The smallest absolute Gasteiger partial charge is 0.320 e. The Labute approximate surface area is 104 Å². The maximum absolute atomic E-state index is 13.3. The lowest BCUT2D eigenvalue weighted by Crippen LogP contribution is -2.34. The number of nitrogens with zero attached hydrogens (tertiary/aromatic N) is 1. The van der Waals surface area contributed by atoms with Crippen molar-refractivity contribution in [2.24, 2.45) is 5.73 Å². The van der Waals surface area contributed by atoms with Gasteiger partial charge < -0.3 is 15.7 Å². The quantitative estimate of drug-likeness (QED) is 0.804. The fraction of sp³-hybridized carbons (Fsp3) is 0.417. The second kappa shape index (κ2) is 6.42. The minimum Gasteiger partial charge on any atom is -0.480 e. The van der Waals surface area contributed by atoms with Gasteiger partial charge in [0, 0.05) is 18.7 Å². The molecule has 1 unspecified atom stereocenters. The van der Waals surface area contributed by atoms with E-state index in [2.05, 4.69) is 0 Å². The van der Waals surface area contributed by atoms with Gasteiger partial charge in [-0.2, -0.15) is 0 Å². The van der Waals surface area contributed by atoms with Gasteiger partial charge in [-0.3, -0.25) is 4.79 Å². The van der Waals surface area contributed by atoms with Crippen molar-refractivity contribution in [3.8, 4) is 0 Å². The van der Waals surface area contributed by atoms with Crippen LogP contribution in [0.5, 0.6) is 0 Å². The number of rotatable bonds is 6. The normalized spacial score (nSPS) is 12.7. The maximum Gasteiger partial charge on any atom is 0.320 e. The molecule has 0 heterocycles. The highest BCUT2D eigenvalue weighted by molar-refractivity contribution is 5.72. The third kappa shape index (κ3) is 4.38. The van der Waals surface area contributed by atoms with Crippen molar-refractivity contribution in [3.63, 3.8) is 0 Å². The van der Waals surface area contributed by atoms with Gasteiger partial charge in [-0.15, -0.1) is 0 Å². The van der Waals surface area contributed by atoms with Crippen molar-refractivity contribution in [2.45, 2.75) is 19.0 Å². The van der Waals surface area contributed by atoms with Crippen LogP contribution in [0.2, 0.25) is 0 Å². The maximum atomic E-state index is 13.3. The Hall–Kier alpha value is -1.53. The van der Waals surface area contributed by atoms with Gasteiger partial charge in [-0.05, 0) is 31.7 Å². The number of aliphatic carboxylic acids is 1. The number of hydrogen-bond acceptors (Lipinski definition) is 3. The van der Waals surface area contributed by atoms with Crippen LogP contribution in [0.3, 0.4) is 0 Å². The molecule has 0 fully saturated rings. The molecule has 6 heteroatoms. The zero-order valence-corrected chi connectivity index (χ0v) is 10.1. The second-order valence-corrected chi connectivity index (χ2v) is 4.21. The number of carboxylic acid groups (broad SMARTS) is 1. The minimum absolute atomic E-state index is 0.204. The fourth-order valence-corrected chi connectivity index (χ4v) is 1.52. The molecule has 0 aliphatic heterocycles. The first kappa shape index (κ1) is 14.5. The lowest BCUT2D eigenvalue weighted by Gasteiger charge is -2.18. The van der Waals surface area contributed by atoms with Crippen molar-refractivity contribution >= 4 is 5.97 Å². The predicted octanol–water partition coefficient (Wildman–Crippen LogP) is 1.20. The summed E-state index contributed by atoms with van der Waals surface area (Å²) >= 11 is 0. The second-order valence-electron chi connectivity index (χ2n) is 4.21. The number of nitrogens with two attached hydrogens (primary N) is 1. The van der Waals surface area contributed by atoms with E-state index in [1.165, 1.54) is 0 Å². The van der Waals surface area contributed by atoms with Crippen molar-refractivity contribution in [1.29, 1.82) is 0 Å². The van der Waals surface area contributed by atoms with Crippen LogP contribution in [0.4, 0.5) is 8.78 Å². The Morgan fingerprint density at radius 3 is 2.78 bits per heavy atom. The molecule has 0 saturated carbocycles. The molecule has 0 aliphatic rings. The summed E-state index contributed by atoms with van der Waals surface area (Å²) in [7, 11) is 1.69. The molecule has 4 nitrogen and oxygen atoms in total. The molecule has 100 valence electrons. The molecule has 0 bridgehead atoms. The van der Waals surface area contributed by atoms with E-state index in [9.17, 15) is 13.6 Å². The van der Waals surface area contributed by atoms with E-state index in [-0.39, 0.29) is 18.5 Å². The number of carboxylic acids is 1. The SMILES string of the molecule is CN(CCC(N)C(=O)O)Cc1cc(F)ccc1F. The molecule has 0 amide bonds. The summed E-state index contributed by atoms with van der Waals surface area (Å²) in [6.45, 7) is 0.597. The molecule has 1 aromatic rings. The van der Waals surface area contributed by atoms with E-state index >= 15 is 0 Å². The van der Waals surface area contributed by atoms with Crippen LogP contribution in [-0.4, -0.2) is 35.6 Å². The highest BCUT2D eigenvalue weighted by Gasteiger charge is 2.13. The van der Waals surface area contributed by atoms with Crippen molar-refractivity contribution in [2.75, 3.05) is 13.6 Å². The molecule has 0 spiro atoms. The van der Waals surface area contributed by atoms with Gasteiger partial charge in [0.05, 0.1) is 0 Å². The van der Waals surface area contributed by atoms with Gasteiger partial charge in [-0.1, -0.05) is 0 Å². The Morgan fingerprint density at radius 1 is 1.50 bits per heavy atom. The topological polar surface area (TPSA) is 66.6 Å². The lowest BCUT2D eigenvalue weighted by molar-refractivity contribution is -0.138. The molecule has 18 heavy (non-hydrogen) atoms. The molecule has 0 aromatic heterocycles. The summed E-state index contributed by atoms with van der Waals surface area (Å²) in [5.74, 6) is -2.05. The zero-order valence-electron chi connectivity index (χ0n) is 10.1. The minimum atomic E-state index is -1.07. The summed E-state index contributed by atoms with van der Waals surface area (Å²) in [4.78, 5) is 12.2. The summed E-state index contributed by atoms with van der Waals surface area (Å²) in [5, 5.41) is 8.61. The van der Waals surface area contributed by atoms with Crippen LogP contribution >= 0.6 is 0 Å². The number of hydrogen-bond donors (Lipinski definition) is 2. The highest BCUT2D eigenvalue weighted by Crippen LogP contribution is 2.11. The van der Waals surface area contributed by atoms with Crippen molar-refractivity contribution < 1.29 is 18.7 Å². The molecular formula is C12H16F2N2O2. The van der Waals surface area contributed by atoms with Gasteiger partial charge in [0.15, 0.2) is 0 Å². The third-order valence-electron chi connectivity index (χ3n) is 2.59. The Bertz CT molecular complexity index is 427. The third-order valence-corrected chi connectivity index (χ3v) is 2.59. The number of halogens is 2. The molecule has 1 atom stereocenters. The molecule has 1 aromatic carbocycles. The molecule has 3 N–H and O–H groups in total. The molecule has 1 rings (SSSR count). The summed E-state index contributed by atoms with van der Waals surface area (Å²) in [6, 6.07) is 2.31. The van der Waals surface area contributed by atoms with Crippen LogP contribution in [0, 0.1) is 11.6 Å². The van der Waals surface area contributed by atoms with Gasteiger partial charge in [0.1, 0.15) is 17.7 Å².